The van der Waals surface area contributed by atoms with Gasteiger partial charge in [0.25, 0.3) is 0 Å². The van der Waals surface area contributed by atoms with E-state index in [0.717, 1.165) is 18.5 Å². The van der Waals surface area contributed by atoms with Crippen LogP contribution in [-0.2, 0) is 0 Å². The smallest absolute Gasteiger partial charge is 0.322 e. The normalized spacial score (nSPS) is 16.1. The van der Waals surface area contributed by atoms with Crippen molar-refractivity contribution in [2.45, 2.75) is 45.1 Å². The van der Waals surface area contributed by atoms with E-state index in [-0.39, 0.29) is 6.03 Å². The third-order valence-electron chi connectivity index (χ3n) is 3.68. The summed E-state index contributed by atoms with van der Waals surface area (Å²) in [7, 11) is 0. The number of nitrogens with one attached hydrogen (secondary N) is 1. The number of amides is 2. The number of nitrogen functional groups attached to an aromatic ring is 1. The summed E-state index contributed by atoms with van der Waals surface area (Å²) in [4.78, 5) is 14.1. The fourth-order valence-corrected chi connectivity index (χ4v) is 2.64. The van der Waals surface area contributed by atoms with E-state index in [0.29, 0.717) is 18.3 Å². The second-order valence-electron chi connectivity index (χ2n) is 5.12. The van der Waals surface area contributed by atoms with Crippen molar-refractivity contribution in [3.63, 3.8) is 0 Å². The fraction of sp³-hybridized carbons (Fsp3) is 0.533. The van der Waals surface area contributed by atoms with Crippen LogP contribution in [0.5, 0.6) is 0 Å². The minimum Gasteiger partial charge on any atom is -0.399 e. The summed E-state index contributed by atoms with van der Waals surface area (Å²) < 4.78 is 0. The largest absolute Gasteiger partial charge is 0.399 e. The molecule has 4 heteroatoms. The molecule has 1 fully saturated rings. The number of rotatable bonds is 3. The zero-order valence-corrected chi connectivity index (χ0v) is 11.6. The maximum atomic E-state index is 12.3. The molecule has 1 aromatic rings. The molecule has 0 radical (unpaired) electrons. The minimum absolute atomic E-state index is 0.0139. The van der Waals surface area contributed by atoms with Crippen LogP contribution in [0.15, 0.2) is 24.3 Å². The van der Waals surface area contributed by atoms with Crippen LogP contribution in [-0.4, -0.2) is 18.6 Å². The van der Waals surface area contributed by atoms with E-state index < -0.39 is 0 Å². The van der Waals surface area contributed by atoms with Crippen LogP contribution in [0, 0.1) is 0 Å². The summed E-state index contributed by atoms with van der Waals surface area (Å²) >= 11 is 0. The summed E-state index contributed by atoms with van der Waals surface area (Å²) in [5.74, 6) is 0. The molecule has 1 aromatic carbocycles. The zero-order valence-electron chi connectivity index (χ0n) is 11.6. The Hall–Kier alpha value is -1.71. The van der Waals surface area contributed by atoms with Crippen LogP contribution in [0.4, 0.5) is 16.2 Å². The van der Waals surface area contributed by atoms with Gasteiger partial charge in [0, 0.05) is 24.0 Å². The van der Waals surface area contributed by atoms with E-state index in [1.54, 1.807) is 4.90 Å². The molecule has 0 atom stereocenters. The number of hydrogen-bond acceptors (Lipinski definition) is 2. The average Bonchev–Trinajstić information content (AvgIpc) is 2.41. The summed E-state index contributed by atoms with van der Waals surface area (Å²) in [6, 6.07) is 7.78. The predicted molar refractivity (Wildman–Crippen MR) is 79.3 cm³/mol. The quantitative estimate of drug-likeness (QED) is 0.821. The van der Waals surface area contributed by atoms with E-state index in [1.807, 2.05) is 31.2 Å². The molecule has 0 heterocycles. The van der Waals surface area contributed by atoms with Crippen LogP contribution in [0.1, 0.15) is 39.0 Å². The molecule has 0 aliphatic heterocycles. The van der Waals surface area contributed by atoms with Gasteiger partial charge in [-0.05, 0) is 38.0 Å². The lowest BCUT2D eigenvalue weighted by Gasteiger charge is -2.27. The molecule has 0 bridgehead atoms. The Kier molecular flexibility index (Phi) is 4.66. The molecule has 4 nitrogen and oxygen atoms in total. The number of nitrogens with two attached hydrogens (primary N) is 1. The van der Waals surface area contributed by atoms with Crippen molar-refractivity contribution < 1.29 is 4.79 Å². The first-order valence-electron chi connectivity index (χ1n) is 7.14. The monoisotopic (exact) mass is 261 g/mol. The number of anilines is 2. The van der Waals surface area contributed by atoms with Crippen LogP contribution in [0.3, 0.4) is 0 Å². The summed E-state index contributed by atoms with van der Waals surface area (Å²) in [6.45, 7) is 2.62. The predicted octanol–water partition coefficient (Wildman–Crippen LogP) is 3.14. The molecular weight excluding hydrogens is 238 g/mol. The lowest BCUT2D eigenvalue weighted by Crippen LogP contribution is -2.45. The van der Waals surface area contributed by atoms with Gasteiger partial charge in [0.05, 0.1) is 0 Å². The summed E-state index contributed by atoms with van der Waals surface area (Å²) in [5, 5.41) is 3.13. The van der Waals surface area contributed by atoms with Crippen molar-refractivity contribution in [2.75, 3.05) is 17.2 Å². The Balaban J connectivity index is 2.02. The lowest BCUT2D eigenvalue weighted by atomic mass is 9.96. The van der Waals surface area contributed by atoms with Gasteiger partial charge in [-0.1, -0.05) is 25.3 Å². The van der Waals surface area contributed by atoms with Crippen molar-refractivity contribution in [2.24, 2.45) is 0 Å². The number of benzene rings is 1. The van der Waals surface area contributed by atoms with E-state index in [1.165, 1.54) is 19.3 Å². The molecule has 0 aromatic heterocycles. The van der Waals surface area contributed by atoms with Crippen molar-refractivity contribution in [3.8, 4) is 0 Å². The molecule has 19 heavy (non-hydrogen) atoms. The molecule has 0 unspecified atom stereocenters. The Morgan fingerprint density at radius 1 is 1.37 bits per heavy atom. The summed E-state index contributed by atoms with van der Waals surface area (Å²) in [6.07, 6.45) is 5.92. The Morgan fingerprint density at radius 3 is 2.74 bits per heavy atom. The van der Waals surface area contributed by atoms with Gasteiger partial charge in [0.2, 0.25) is 0 Å². The van der Waals surface area contributed by atoms with Gasteiger partial charge < -0.3 is 11.1 Å². The maximum Gasteiger partial charge on any atom is 0.322 e. The third-order valence-corrected chi connectivity index (χ3v) is 3.68. The van der Waals surface area contributed by atoms with Gasteiger partial charge in [-0.3, -0.25) is 4.90 Å². The molecule has 0 spiro atoms. The summed E-state index contributed by atoms with van der Waals surface area (Å²) in [5.41, 5.74) is 7.32. The second kappa shape index (κ2) is 6.45. The highest BCUT2D eigenvalue weighted by Gasteiger charge is 2.19. The Morgan fingerprint density at radius 2 is 2.11 bits per heavy atom. The highest BCUT2D eigenvalue weighted by molar-refractivity contribution is 5.92. The first-order valence-corrected chi connectivity index (χ1v) is 7.14. The van der Waals surface area contributed by atoms with Gasteiger partial charge in [-0.2, -0.15) is 0 Å². The second-order valence-corrected chi connectivity index (χ2v) is 5.12. The van der Waals surface area contributed by atoms with Crippen molar-refractivity contribution in [1.82, 2.24) is 5.32 Å². The maximum absolute atomic E-state index is 12.3. The number of nitrogens with zero attached hydrogens (tertiary/aromatic N) is 1. The van der Waals surface area contributed by atoms with Gasteiger partial charge in [-0.15, -0.1) is 0 Å². The van der Waals surface area contributed by atoms with Crippen molar-refractivity contribution >= 4 is 17.4 Å². The van der Waals surface area contributed by atoms with Gasteiger partial charge in [-0.25, -0.2) is 4.79 Å². The molecule has 1 aliphatic rings. The minimum atomic E-state index is -0.0139. The number of urea groups is 1. The topological polar surface area (TPSA) is 58.4 Å². The van der Waals surface area contributed by atoms with Gasteiger partial charge in [0.1, 0.15) is 0 Å². The molecule has 3 N–H and O–H groups in total. The van der Waals surface area contributed by atoms with Crippen LogP contribution in [0.2, 0.25) is 0 Å². The molecule has 0 saturated heterocycles. The van der Waals surface area contributed by atoms with E-state index >= 15 is 0 Å². The van der Waals surface area contributed by atoms with Crippen LogP contribution >= 0.6 is 0 Å². The van der Waals surface area contributed by atoms with E-state index in [2.05, 4.69) is 5.32 Å². The molecule has 104 valence electrons. The van der Waals surface area contributed by atoms with E-state index in [9.17, 15) is 4.79 Å². The Labute approximate surface area is 115 Å². The first-order chi connectivity index (χ1) is 9.20. The number of hydrogen-bond donors (Lipinski definition) is 2. The molecular formula is C15H23N3O. The highest BCUT2D eigenvalue weighted by Crippen LogP contribution is 2.20. The van der Waals surface area contributed by atoms with Gasteiger partial charge in [0.15, 0.2) is 0 Å². The lowest BCUT2D eigenvalue weighted by molar-refractivity contribution is 0.238. The molecule has 1 aliphatic carbocycles. The first kappa shape index (κ1) is 13.7. The molecule has 2 rings (SSSR count). The molecule has 2 amide bonds. The zero-order chi connectivity index (χ0) is 13.7. The molecule has 1 saturated carbocycles. The SMILES string of the molecule is CCN(C(=O)NC1CCCCC1)c1cccc(N)c1. The standard InChI is InChI=1S/C15H23N3O/c1-2-18(14-10-6-7-12(16)11-14)15(19)17-13-8-4-3-5-9-13/h6-7,10-11,13H,2-5,8-9,16H2,1H3,(H,17,19). The van der Waals surface area contributed by atoms with Gasteiger partial charge >= 0.3 is 6.03 Å². The van der Waals surface area contributed by atoms with Crippen LogP contribution in [0.25, 0.3) is 0 Å². The van der Waals surface area contributed by atoms with Crippen molar-refractivity contribution in [1.29, 1.82) is 0 Å². The van der Waals surface area contributed by atoms with Crippen molar-refractivity contribution in [3.05, 3.63) is 24.3 Å². The van der Waals surface area contributed by atoms with Crippen LogP contribution < -0.4 is 16.0 Å². The average molecular weight is 261 g/mol. The third kappa shape index (κ3) is 3.63. The fourth-order valence-electron chi connectivity index (χ4n) is 2.64. The Bertz CT molecular complexity index is 427. The number of carbonyl (C=O) groups excluding carboxylic acids is 1. The number of carbonyl (C=O) groups is 1. The highest BCUT2D eigenvalue weighted by atomic mass is 16.2. The van der Waals surface area contributed by atoms with E-state index in [4.69, 9.17) is 5.73 Å².